The van der Waals surface area contributed by atoms with Crippen molar-refractivity contribution in [2.75, 3.05) is 13.2 Å². The number of carbonyl (C=O) groups excluding carboxylic acids is 2. The summed E-state index contributed by atoms with van der Waals surface area (Å²) in [5.41, 5.74) is -0.481. The lowest BCUT2D eigenvalue weighted by Crippen LogP contribution is -2.28. The summed E-state index contributed by atoms with van der Waals surface area (Å²) in [6.07, 6.45) is 1.02. The minimum absolute atomic E-state index is 0.0298. The van der Waals surface area contributed by atoms with Gasteiger partial charge < -0.3 is 15.2 Å². The number of nitrogens with one attached hydrogen (secondary N) is 1. The predicted molar refractivity (Wildman–Crippen MR) is 69.5 cm³/mol. The maximum Gasteiger partial charge on any atom is 0.311 e. The number of hydrogen-bond donors (Lipinski definition) is 2. The van der Waals surface area contributed by atoms with Crippen LogP contribution in [0.25, 0.3) is 0 Å². The molecule has 0 radical (unpaired) electrons. The molecule has 0 aromatic heterocycles. The molecule has 0 aromatic rings. The van der Waals surface area contributed by atoms with E-state index in [1.54, 1.807) is 0 Å². The van der Waals surface area contributed by atoms with Gasteiger partial charge >= 0.3 is 11.9 Å². The van der Waals surface area contributed by atoms with Crippen LogP contribution in [0.1, 0.15) is 46.5 Å². The smallest absolute Gasteiger partial charge is 0.311 e. The topological polar surface area (TPSA) is 92.7 Å². The van der Waals surface area contributed by atoms with E-state index in [2.05, 4.69) is 5.32 Å². The van der Waals surface area contributed by atoms with Gasteiger partial charge in [0.25, 0.3) is 0 Å². The summed E-state index contributed by atoms with van der Waals surface area (Å²) in [7, 11) is 0. The highest BCUT2D eigenvalue weighted by molar-refractivity contribution is 5.80. The lowest BCUT2D eigenvalue weighted by Gasteiger charge is -2.20. The standard InChI is InChI=1S/C13H23NO5/c1-4-13(2,3)12(18)19-9-5-8-14-10(15)6-7-11(16)17/h4-9H2,1-3H3,(H,14,15)(H,16,17). The lowest BCUT2D eigenvalue weighted by molar-refractivity contribution is -0.154. The van der Waals surface area contributed by atoms with E-state index in [-0.39, 0.29) is 31.3 Å². The number of hydrogen-bond acceptors (Lipinski definition) is 4. The average molecular weight is 273 g/mol. The number of aliphatic carboxylic acids is 1. The average Bonchev–Trinajstić information content (AvgIpc) is 2.35. The molecule has 6 nitrogen and oxygen atoms in total. The Morgan fingerprint density at radius 1 is 1.21 bits per heavy atom. The molecule has 0 saturated carbocycles. The van der Waals surface area contributed by atoms with Gasteiger partial charge in [-0.3, -0.25) is 14.4 Å². The number of carboxylic acid groups (broad SMARTS) is 1. The van der Waals surface area contributed by atoms with Gasteiger partial charge in [0.05, 0.1) is 18.4 Å². The summed E-state index contributed by atoms with van der Waals surface area (Å²) < 4.78 is 5.09. The zero-order chi connectivity index (χ0) is 14.9. The molecular formula is C13H23NO5. The fourth-order valence-electron chi connectivity index (χ4n) is 1.11. The van der Waals surface area contributed by atoms with Gasteiger partial charge in [-0.05, 0) is 26.7 Å². The molecule has 0 fully saturated rings. The molecule has 2 N–H and O–H groups in total. The molecule has 0 bridgehead atoms. The maximum absolute atomic E-state index is 11.6. The first-order valence-corrected chi connectivity index (χ1v) is 6.45. The van der Waals surface area contributed by atoms with Crippen LogP contribution in [0, 0.1) is 5.41 Å². The Morgan fingerprint density at radius 2 is 1.84 bits per heavy atom. The monoisotopic (exact) mass is 273 g/mol. The van der Waals surface area contributed by atoms with E-state index >= 15 is 0 Å². The summed E-state index contributed by atoms with van der Waals surface area (Å²) >= 11 is 0. The molecule has 0 atom stereocenters. The van der Waals surface area contributed by atoms with Crippen molar-refractivity contribution in [2.45, 2.75) is 46.5 Å². The van der Waals surface area contributed by atoms with E-state index in [1.807, 2.05) is 20.8 Å². The second-order valence-electron chi connectivity index (χ2n) is 4.97. The highest BCUT2D eigenvalue weighted by Gasteiger charge is 2.26. The number of rotatable bonds is 9. The first-order chi connectivity index (χ1) is 8.79. The van der Waals surface area contributed by atoms with Crippen molar-refractivity contribution < 1.29 is 24.2 Å². The van der Waals surface area contributed by atoms with Crippen molar-refractivity contribution in [2.24, 2.45) is 5.41 Å². The molecule has 19 heavy (non-hydrogen) atoms. The number of amides is 1. The van der Waals surface area contributed by atoms with Crippen LogP contribution in [0.5, 0.6) is 0 Å². The van der Waals surface area contributed by atoms with E-state index in [0.717, 1.165) is 0 Å². The molecule has 0 aliphatic heterocycles. The summed E-state index contributed by atoms with van der Waals surface area (Å²) in [6, 6.07) is 0. The molecule has 0 spiro atoms. The summed E-state index contributed by atoms with van der Waals surface area (Å²) in [6.45, 7) is 6.19. The highest BCUT2D eigenvalue weighted by atomic mass is 16.5. The highest BCUT2D eigenvalue weighted by Crippen LogP contribution is 2.21. The number of esters is 1. The van der Waals surface area contributed by atoms with Crippen LogP contribution >= 0.6 is 0 Å². The SMILES string of the molecule is CCC(C)(C)C(=O)OCCCNC(=O)CCC(=O)O. The third kappa shape index (κ3) is 8.18. The second kappa shape index (κ2) is 8.50. The van der Waals surface area contributed by atoms with Gasteiger partial charge in [-0.25, -0.2) is 0 Å². The normalized spacial score (nSPS) is 10.9. The van der Waals surface area contributed by atoms with E-state index in [4.69, 9.17) is 9.84 Å². The van der Waals surface area contributed by atoms with Crippen molar-refractivity contribution in [1.82, 2.24) is 5.32 Å². The molecule has 110 valence electrons. The van der Waals surface area contributed by atoms with Crippen LogP contribution in [0.3, 0.4) is 0 Å². The second-order valence-corrected chi connectivity index (χ2v) is 4.97. The molecule has 0 aromatic carbocycles. The first kappa shape index (κ1) is 17.4. The van der Waals surface area contributed by atoms with E-state index in [1.165, 1.54) is 0 Å². The Kier molecular flexibility index (Phi) is 7.79. The van der Waals surface area contributed by atoms with Crippen LogP contribution in [-0.4, -0.2) is 36.1 Å². The van der Waals surface area contributed by atoms with Crippen molar-refractivity contribution in [3.8, 4) is 0 Å². The zero-order valence-electron chi connectivity index (χ0n) is 11.8. The zero-order valence-corrected chi connectivity index (χ0v) is 11.8. The molecule has 0 unspecified atom stereocenters. The predicted octanol–water partition coefficient (Wildman–Crippen LogP) is 1.34. The minimum atomic E-state index is -0.995. The van der Waals surface area contributed by atoms with Crippen LogP contribution in [-0.2, 0) is 19.1 Å². The largest absolute Gasteiger partial charge is 0.481 e. The Hall–Kier alpha value is -1.59. The van der Waals surface area contributed by atoms with Gasteiger partial charge in [-0.2, -0.15) is 0 Å². The van der Waals surface area contributed by atoms with E-state index in [0.29, 0.717) is 19.4 Å². The van der Waals surface area contributed by atoms with Gasteiger partial charge in [0.2, 0.25) is 5.91 Å². The molecule has 0 aliphatic rings. The third-order valence-electron chi connectivity index (χ3n) is 2.88. The maximum atomic E-state index is 11.6. The first-order valence-electron chi connectivity index (χ1n) is 6.45. The Morgan fingerprint density at radius 3 is 2.37 bits per heavy atom. The van der Waals surface area contributed by atoms with Crippen molar-refractivity contribution in [1.29, 1.82) is 0 Å². The summed E-state index contributed by atoms with van der Waals surface area (Å²) in [5, 5.41) is 11.0. The summed E-state index contributed by atoms with van der Waals surface area (Å²) in [4.78, 5) is 33.0. The quantitative estimate of drug-likeness (QED) is 0.488. The molecular weight excluding hydrogens is 250 g/mol. The van der Waals surface area contributed by atoms with Crippen LogP contribution in [0.15, 0.2) is 0 Å². The number of carbonyl (C=O) groups is 3. The van der Waals surface area contributed by atoms with Crippen LogP contribution in [0.2, 0.25) is 0 Å². The van der Waals surface area contributed by atoms with E-state index in [9.17, 15) is 14.4 Å². The molecule has 0 heterocycles. The molecule has 0 saturated heterocycles. The number of carboxylic acids is 1. The minimum Gasteiger partial charge on any atom is -0.481 e. The molecule has 1 amide bonds. The number of ether oxygens (including phenoxy) is 1. The lowest BCUT2D eigenvalue weighted by atomic mass is 9.91. The fraction of sp³-hybridized carbons (Fsp3) is 0.769. The van der Waals surface area contributed by atoms with Gasteiger partial charge in [-0.15, -0.1) is 0 Å². The van der Waals surface area contributed by atoms with Crippen LogP contribution in [0.4, 0.5) is 0 Å². The van der Waals surface area contributed by atoms with Gasteiger partial charge in [0, 0.05) is 13.0 Å². The van der Waals surface area contributed by atoms with Crippen molar-refractivity contribution >= 4 is 17.8 Å². The van der Waals surface area contributed by atoms with Gasteiger partial charge in [0.1, 0.15) is 0 Å². The van der Waals surface area contributed by atoms with E-state index < -0.39 is 11.4 Å². The molecule has 0 rings (SSSR count). The molecule has 0 aliphatic carbocycles. The Bertz CT molecular complexity index is 325. The van der Waals surface area contributed by atoms with Crippen molar-refractivity contribution in [3.63, 3.8) is 0 Å². The van der Waals surface area contributed by atoms with Crippen molar-refractivity contribution in [3.05, 3.63) is 0 Å². The Labute approximate surface area is 113 Å². The Balaban J connectivity index is 3.63. The fourth-order valence-corrected chi connectivity index (χ4v) is 1.11. The van der Waals surface area contributed by atoms with Gasteiger partial charge in [0.15, 0.2) is 0 Å². The third-order valence-corrected chi connectivity index (χ3v) is 2.88. The molecule has 6 heteroatoms. The van der Waals surface area contributed by atoms with Gasteiger partial charge in [-0.1, -0.05) is 6.92 Å². The summed E-state index contributed by atoms with van der Waals surface area (Å²) in [5.74, 6) is -1.54. The van der Waals surface area contributed by atoms with Crippen LogP contribution < -0.4 is 5.32 Å².